The number of anilines is 1. The Labute approximate surface area is 238 Å². The van der Waals surface area contributed by atoms with Crippen LogP contribution in [-0.2, 0) is 34.8 Å². The van der Waals surface area contributed by atoms with Crippen LogP contribution in [-0.4, -0.2) is 34.3 Å². The summed E-state index contributed by atoms with van der Waals surface area (Å²) in [5.41, 5.74) is -1.98. The first-order valence-corrected chi connectivity index (χ1v) is 13.4. The third kappa shape index (κ3) is 6.76. The van der Waals surface area contributed by atoms with Gasteiger partial charge in [-0.25, -0.2) is 4.39 Å². The van der Waals surface area contributed by atoms with E-state index < -0.39 is 47.2 Å². The maximum Gasteiger partial charge on any atom is 0.416 e. The molecule has 2 aromatic heterocycles. The van der Waals surface area contributed by atoms with E-state index in [9.17, 15) is 35.5 Å². The SMILES string of the molecule is O=C(Cc1ccc(C(F)(F)F)cc1C(F)(F)F)N(Cc1nnc(-c2ccc(C3CCOC3)cn2)s1)c1ccc(F)cc1. The lowest BCUT2D eigenvalue weighted by atomic mass is 10.00. The summed E-state index contributed by atoms with van der Waals surface area (Å²) in [6.07, 6.45) is -8.39. The molecule has 1 atom stereocenters. The van der Waals surface area contributed by atoms with Gasteiger partial charge in [0, 0.05) is 24.4 Å². The van der Waals surface area contributed by atoms with Crippen LogP contribution in [0.3, 0.4) is 0 Å². The van der Waals surface area contributed by atoms with Crippen LogP contribution in [0, 0.1) is 5.82 Å². The maximum atomic E-state index is 13.7. The van der Waals surface area contributed by atoms with Crippen LogP contribution in [0.25, 0.3) is 10.7 Å². The first kappa shape index (κ1) is 29.6. The Balaban J connectivity index is 1.40. The number of aromatic nitrogens is 3. The van der Waals surface area contributed by atoms with E-state index in [2.05, 4.69) is 15.2 Å². The Morgan fingerprint density at radius 3 is 2.36 bits per heavy atom. The third-order valence-corrected chi connectivity index (χ3v) is 7.62. The van der Waals surface area contributed by atoms with Crippen LogP contribution < -0.4 is 4.90 Å². The average Bonchev–Trinajstić information content (AvgIpc) is 3.64. The zero-order valence-corrected chi connectivity index (χ0v) is 22.4. The van der Waals surface area contributed by atoms with Crippen molar-refractivity contribution in [1.82, 2.24) is 15.2 Å². The summed E-state index contributed by atoms with van der Waals surface area (Å²) < 4.78 is 99.4. The summed E-state index contributed by atoms with van der Waals surface area (Å²) in [4.78, 5) is 18.9. The lowest BCUT2D eigenvalue weighted by molar-refractivity contribution is -0.143. The number of halogens is 7. The quantitative estimate of drug-likeness (QED) is 0.210. The summed E-state index contributed by atoms with van der Waals surface area (Å²) in [5.74, 6) is -1.22. The van der Waals surface area contributed by atoms with Gasteiger partial charge in [-0.15, -0.1) is 10.2 Å². The number of rotatable bonds is 7. The molecule has 6 nitrogen and oxygen atoms in total. The molecule has 1 aliphatic heterocycles. The van der Waals surface area contributed by atoms with Crippen molar-refractivity contribution in [2.45, 2.75) is 37.7 Å². The second-order valence-electron chi connectivity index (χ2n) is 9.54. The fraction of sp³-hybridized carbons (Fsp3) is 0.286. The smallest absolute Gasteiger partial charge is 0.381 e. The zero-order valence-electron chi connectivity index (χ0n) is 21.5. The number of amides is 1. The molecular formula is C28H21F7N4O2S. The minimum absolute atomic E-state index is 0.0140. The van der Waals surface area contributed by atoms with E-state index in [4.69, 9.17) is 4.74 Å². The van der Waals surface area contributed by atoms with Gasteiger partial charge in [0.05, 0.1) is 30.7 Å². The molecule has 14 heteroatoms. The highest BCUT2D eigenvalue weighted by Gasteiger charge is 2.38. The van der Waals surface area contributed by atoms with E-state index in [1.54, 1.807) is 12.3 Å². The maximum absolute atomic E-state index is 13.7. The molecule has 0 spiro atoms. The van der Waals surface area contributed by atoms with E-state index in [-0.39, 0.29) is 24.2 Å². The Morgan fingerprint density at radius 1 is 0.976 bits per heavy atom. The Hall–Kier alpha value is -3.91. The van der Waals surface area contributed by atoms with Crippen molar-refractivity contribution in [3.63, 3.8) is 0 Å². The molecule has 1 saturated heterocycles. The van der Waals surface area contributed by atoms with Crippen LogP contribution in [0.15, 0.2) is 60.8 Å². The van der Waals surface area contributed by atoms with Gasteiger partial charge < -0.3 is 9.64 Å². The Bertz CT molecular complexity index is 1550. The first-order chi connectivity index (χ1) is 19.9. The van der Waals surface area contributed by atoms with Gasteiger partial charge in [0.25, 0.3) is 0 Å². The van der Waals surface area contributed by atoms with Gasteiger partial charge in [-0.1, -0.05) is 23.5 Å². The number of carbonyl (C=O) groups is 1. The molecule has 5 rings (SSSR count). The number of alkyl halides is 6. The number of hydrogen-bond donors (Lipinski definition) is 0. The highest BCUT2D eigenvalue weighted by molar-refractivity contribution is 7.14. The standard InChI is InChI=1S/C28H21F7N4O2S/c29-20-4-6-21(7-5-20)39(25(40)11-16-1-3-19(27(30,31)32)12-22(16)28(33,34)35)14-24-37-38-26(42-24)23-8-2-17(13-36-23)18-9-10-41-15-18/h1-8,12-13,18H,9-11,14-15H2. The molecule has 220 valence electrons. The van der Waals surface area contributed by atoms with Gasteiger partial charge in [-0.3, -0.25) is 9.78 Å². The van der Waals surface area contributed by atoms with Gasteiger partial charge in [-0.2, -0.15) is 26.3 Å². The average molecular weight is 611 g/mol. The normalized spacial score (nSPS) is 15.6. The van der Waals surface area contributed by atoms with Crippen LogP contribution in [0.5, 0.6) is 0 Å². The highest BCUT2D eigenvalue weighted by atomic mass is 32.1. The summed E-state index contributed by atoms with van der Waals surface area (Å²) in [7, 11) is 0. The minimum atomic E-state index is -5.14. The van der Waals surface area contributed by atoms with Gasteiger partial charge in [0.15, 0.2) is 5.01 Å². The molecule has 0 saturated carbocycles. The second-order valence-corrected chi connectivity index (χ2v) is 10.6. The molecule has 4 aromatic rings. The van der Waals surface area contributed by atoms with Crippen molar-refractivity contribution in [2.24, 2.45) is 0 Å². The van der Waals surface area contributed by atoms with Crippen LogP contribution in [0.1, 0.15) is 39.6 Å². The van der Waals surface area contributed by atoms with E-state index in [0.717, 1.165) is 40.4 Å². The number of ether oxygens (including phenoxy) is 1. The third-order valence-electron chi connectivity index (χ3n) is 6.69. The molecule has 1 amide bonds. The lowest BCUT2D eigenvalue weighted by Crippen LogP contribution is -2.32. The number of benzene rings is 2. The number of pyridine rings is 1. The van der Waals surface area contributed by atoms with Gasteiger partial charge >= 0.3 is 12.4 Å². The fourth-order valence-electron chi connectivity index (χ4n) is 4.50. The summed E-state index contributed by atoms with van der Waals surface area (Å²) in [6.45, 7) is 1.07. The van der Waals surface area contributed by atoms with Crippen molar-refractivity contribution in [2.75, 3.05) is 18.1 Å². The zero-order chi connectivity index (χ0) is 30.1. The fourth-order valence-corrected chi connectivity index (χ4v) is 5.31. The molecule has 0 radical (unpaired) electrons. The predicted molar refractivity (Wildman–Crippen MR) is 139 cm³/mol. The van der Waals surface area contributed by atoms with Gasteiger partial charge in [-0.05, 0) is 60.0 Å². The van der Waals surface area contributed by atoms with Crippen molar-refractivity contribution < 1.29 is 40.3 Å². The molecule has 1 unspecified atom stereocenters. The monoisotopic (exact) mass is 610 g/mol. The molecular weight excluding hydrogens is 589 g/mol. The second kappa shape index (κ2) is 11.8. The van der Waals surface area contributed by atoms with E-state index >= 15 is 0 Å². The van der Waals surface area contributed by atoms with E-state index in [1.807, 2.05) is 6.07 Å². The molecule has 1 fully saturated rings. The highest BCUT2D eigenvalue weighted by Crippen LogP contribution is 2.38. The lowest BCUT2D eigenvalue weighted by Gasteiger charge is -2.23. The molecule has 0 bridgehead atoms. The van der Waals surface area contributed by atoms with Crippen molar-refractivity contribution >= 4 is 22.9 Å². The number of nitrogens with zero attached hydrogens (tertiary/aromatic N) is 4. The van der Waals surface area contributed by atoms with E-state index in [0.29, 0.717) is 41.1 Å². The minimum Gasteiger partial charge on any atom is -0.381 e. The molecule has 42 heavy (non-hydrogen) atoms. The number of hydrogen-bond acceptors (Lipinski definition) is 6. The van der Waals surface area contributed by atoms with Crippen LogP contribution in [0.2, 0.25) is 0 Å². The first-order valence-electron chi connectivity index (χ1n) is 12.6. The Kier molecular flexibility index (Phi) is 8.28. The van der Waals surface area contributed by atoms with Crippen molar-refractivity contribution in [3.05, 3.63) is 93.9 Å². The number of carbonyl (C=O) groups excluding carboxylic acids is 1. The van der Waals surface area contributed by atoms with Crippen LogP contribution in [0.4, 0.5) is 36.4 Å². The molecule has 2 aromatic carbocycles. The topological polar surface area (TPSA) is 68.2 Å². The summed E-state index contributed by atoms with van der Waals surface area (Å²) in [5, 5.41) is 8.97. The van der Waals surface area contributed by atoms with Crippen molar-refractivity contribution in [3.8, 4) is 10.7 Å². The predicted octanol–water partition coefficient (Wildman–Crippen LogP) is 7.06. The molecule has 1 aliphatic rings. The van der Waals surface area contributed by atoms with E-state index in [1.165, 1.54) is 12.1 Å². The van der Waals surface area contributed by atoms with Crippen molar-refractivity contribution in [1.29, 1.82) is 0 Å². The molecule has 0 aliphatic carbocycles. The Morgan fingerprint density at radius 2 is 1.74 bits per heavy atom. The van der Waals surface area contributed by atoms with Crippen LogP contribution >= 0.6 is 11.3 Å². The van der Waals surface area contributed by atoms with Gasteiger partial charge in [0.1, 0.15) is 16.5 Å². The molecule has 0 N–H and O–H groups in total. The summed E-state index contributed by atoms with van der Waals surface area (Å²) >= 11 is 1.10. The summed E-state index contributed by atoms with van der Waals surface area (Å²) in [6, 6.07) is 9.49. The molecule has 3 heterocycles. The van der Waals surface area contributed by atoms with Gasteiger partial charge in [0.2, 0.25) is 5.91 Å². The largest absolute Gasteiger partial charge is 0.416 e.